The molecule has 6 rings (SSSR count). The molecule has 3 aromatic carbocycles. The topological polar surface area (TPSA) is 101 Å². The first-order valence-corrected chi connectivity index (χ1v) is 13.0. The lowest BCUT2D eigenvalue weighted by molar-refractivity contribution is 0.0389. The molecule has 8 nitrogen and oxygen atoms in total. The van der Waals surface area contributed by atoms with Crippen molar-refractivity contribution in [1.29, 1.82) is 0 Å². The molecule has 5 atom stereocenters. The van der Waals surface area contributed by atoms with Crippen molar-refractivity contribution < 1.29 is 28.5 Å². The van der Waals surface area contributed by atoms with Crippen molar-refractivity contribution in [3.63, 3.8) is 0 Å². The van der Waals surface area contributed by atoms with Crippen molar-refractivity contribution in [2.24, 2.45) is 5.73 Å². The van der Waals surface area contributed by atoms with Crippen molar-refractivity contribution in [3.05, 3.63) is 83.4 Å². The van der Waals surface area contributed by atoms with E-state index < -0.39 is 17.8 Å². The maximum atomic E-state index is 12.6. The molecule has 1 unspecified atom stereocenters. The van der Waals surface area contributed by atoms with Gasteiger partial charge < -0.3 is 34.7 Å². The molecule has 2 heterocycles. The van der Waals surface area contributed by atoms with Gasteiger partial charge in [0.15, 0.2) is 5.60 Å². The fraction of sp³-hybridized carbons (Fsp3) is 0.367. The zero-order chi connectivity index (χ0) is 26.3. The fourth-order valence-corrected chi connectivity index (χ4v) is 6.43. The predicted molar refractivity (Wildman–Crippen MR) is 141 cm³/mol. The summed E-state index contributed by atoms with van der Waals surface area (Å²) in [5.74, 6) is 2.18. The van der Waals surface area contributed by atoms with E-state index in [1.54, 1.807) is 14.2 Å². The van der Waals surface area contributed by atoms with Gasteiger partial charge in [0.2, 0.25) is 0 Å². The number of fused-ring (bicyclic) bond motifs is 5. The Balaban J connectivity index is 1.53. The number of nitrogens with two attached hydrogens (primary N) is 1. The molecule has 0 aromatic heterocycles. The van der Waals surface area contributed by atoms with Crippen LogP contribution in [0.1, 0.15) is 41.4 Å². The Morgan fingerprint density at radius 2 is 1.74 bits per heavy atom. The lowest BCUT2D eigenvalue weighted by Gasteiger charge is -2.37. The van der Waals surface area contributed by atoms with Crippen molar-refractivity contribution in [2.45, 2.75) is 42.4 Å². The molecule has 2 aliphatic heterocycles. The second-order valence-corrected chi connectivity index (χ2v) is 9.91. The van der Waals surface area contributed by atoms with Crippen LogP contribution in [0.2, 0.25) is 0 Å². The van der Waals surface area contributed by atoms with E-state index in [9.17, 15) is 4.79 Å². The van der Waals surface area contributed by atoms with Crippen molar-refractivity contribution in [2.75, 3.05) is 27.4 Å². The van der Waals surface area contributed by atoms with Gasteiger partial charge in [-0.05, 0) is 42.6 Å². The lowest BCUT2D eigenvalue weighted by atomic mass is 9.73. The van der Waals surface area contributed by atoms with E-state index in [0.29, 0.717) is 30.4 Å². The summed E-state index contributed by atoms with van der Waals surface area (Å²) in [5.41, 5.74) is 7.66. The summed E-state index contributed by atoms with van der Waals surface area (Å²) in [5, 5.41) is 3.09. The number of rotatable bonds is 9. The minimum absolute atomic E-state index is 0.232. The number of ether oxygens (including phenoxy) is 5. The van der Waals surface area contributed by atoms with Gasteiger partial charge >= 0.3 is 6.09 Å². The second kappa shape index (κ2) is 9.76. The fourth-order valence-electron chi connectivity index (χ4n) is 6.43. The average molecular weight is 517 g/mol. The molecule has 3 aromatic rings. The molecule has 2 fully saturated rings. The Kier molecular flexibility index (Phi) is 6.27. The van der Waals surface area contributed by atoms with Crippen LogP contribution >= 0.6 is 0 Å². The highest BCUT2D eigenvalue weighted by Gasteiger charge is 2.71. The van der Waals surface area contributed by atoms with Crippen molar-refractivity contribution in [3.8, 4) is 23.0 Å². The number of carbonyl (C=O) groups is 1. The molecule has 1 aliphatic carbocycles. The third-order valence-electron chi connectivity index (χ3n) is 7.95. The van der Waals surface area contributed by atoms with Crippen molar-refractivity contribution >= 4 is 6.09 Å². The molecule has 0 radical (unpaired) electrons. The highest BCUT2D eigenvalue weighted by molar-refractivity contribution is 5.73. The Labute approximate surface area is 222 Å². The zero-order valence-corrected chi connectivity index (χ0v) is 21.5. The van der Waals surface area contributed by atoms with E-state index in [1.807, 2.05) is 54.6 Å². The summed E-state index contributed by atoms with van der Waals surface area (Å²) >= 11 is 0. The van der Waals surface area contributed by atoms with E-state index >= 15 is 0 Å². The van der Waals surface area contributed by atoms with Gasteiger partial charge in [0, 0.05) is 17.7 Å². The molecular formula is C30H32N2O6. The van der Waals surface area contributed by atoms with Gasteiger partial charge in [-0.15, -0.1) is 0 Å². The molecular weight excluding hydrogens is 484 g/mol. The first-order chi connectivity index (χ1) is 18.6. The molecule has 0 spiro atoms. The predicted octanol–water partition coefficient (Wildman–Crippen LogP) is 4.47. The zero-order valence-electron chi connectivity index (χ0n) is 21.5. The van der Waals surface area contributed by atoms with E-state index in [4.69, 9.17) is 29.4 Å². The standard InChI is InChI=1S/C30H32N2O6/c1-34-20-12-10-19(11-13-20)30-25(18-8-4-3-5-9-18)27-28(37-29(33)32-27)26(30)24-22(35-2)16-21(17-23(24)38-30)36-15-7-6-14-31/h3-5,8-13,16-17,25-28H,6-7,14-15,31H2,1-2H3,(H,32,33)/t25-,26?,27-,28+,30+/m1/s1. The Morgan fingerprint density at radius 3 is 2.45 bits per heavy atom. The smallest absolute Gasteiger partial charge is 0.407 e. The van der Waals surface area contributed by atoms with Crippen LogP contribution < -0.4 is 30.0 Å². The van der Waals surface area contributed by atoms with Crippen LogP contribution in [0, 0.1) is 0 Å². The first kappa shape index (κ1) is 24.4. The summed E-state index contributed by atoms with van der Waals surface area (Å²) in [6.07, 6.45) is 0.871. The van der Waals surface area contributed by atoms with Crippen LogP contribution in [-0.2, 0) is 10.3 Å². The number of methoxy groups -OCH3 is 2. The average Bonchev–Trinajstić information content (AvgIpc) is 3.56. The number of amides is 1. The van der Waals surface area contributed by atoms with E-state index in [0.717, 1.165) is 35.3 Å². The minimum Gasteiger partial charge on any atom is -0.497 e. The Bertz CT molecular complexity index is 1310. The highest BCUT2D eigenvalue weighted by Crippen LogP contribution is 2.67. The van der Waals surface area contributed by atoms with Crippen LogP contribution in [0.4, 0.5) is 4.79 Å². The van der Waals surface area contributed by atoms with Crippen LogP contribution in [0.5, 0.6) is 23.0 Å². The van der Waals surface area contributed by atoms with E-state index in [2.05, 4.69) is 17.4 Å². The quantitative estimate of drug-likeness (QED) is 0.405. The molecule has 3 aliphatic rings. The highest BCUT2D eigenvalue weighted by atomic mass is 16.6. The number of unbranched alkanes of at least 4 members (excludes halogenated alkanes) is 1. The molecule has 0 bridgehead atoms. The maximum Gasteiger partial charge on any atom is 0.407 e. The molecule has 3 N–H and O–H groups in total. The molecule has 1 saturated heterocycles. The minimum atomic E-state index is -0.871. The van der Waals surface area contributed by atoms with Crippen LogP contribution in [0.3, 0.4) is 0 Å². The Morgan fingerprint density at radius 1 is 0.947 bits per heavy atom. The van der Waals surface area contributed by atoms with E-state index in [1.165, 1.54) is 0 Å². The summed E-state index contributed by atoms with van der Waals surface area (Å²) in [6.45, 7) is 1.17. The summed E-state index contributed by atoms with van der Waals surface area (Å²) in [6, 6.07) is 21.6. The normalized spacial score (nSPS) is 26.4. The van der Waals surface area contributed by atoms with Crippen molar-refractivity contribution in [1.82, 2.24) is 5.32 Å². The first-order valence-electron chi connectivity index (χ1n) is 13.0. The molecule has 1 saturated carbocycles. The molecule has 1 amide bonds. The number of hydrogen-bond donors (Lipinski definition) is 2. The number of carbonyl (C=O) groups excluding carboxylic acids is 1. The molecule has 198 valence electrons. The van der Waals surface area contributed by atoms with Gasteiger partial charge in [0.25, 0.3) is 0 Å². The SMILES string of the molecule is COc1ccc([C@@]23Oc4cc(OCCCCN)cc(OC)c4C2[C@@H]2OC(=O)N[C@@H]2[C@H]3c2ccccc2)cc1. The third-order valence-corrected chi connectivity index (χ3v) is 7.95. The van der Waals surface area contributed by atoms with Gasteiger partial charge in [0.05, 0.1) is 38.7 Å². The van der Waals surface area contributed by atoms with Crippen LogP contribution in [0.15, 0.2) is 66.7 Å². The maximum absolute atomic E-state index is 12.6. The monoisotopic (exact) mass is 516 g/mol. The number of hydrogen-bond acceptors (Lipinski definition) is 7. The van der Waals surface area contributed by atoms with Gasteiger partial charge in [-0.1, -0.05) is 42.5 Å². The number of nitrogens with one attached hydrogen (secondary N) is 1. The third kappa shape index (κ3) is 3.74. The number of alkyl carbamates (subject to hydrolysis) is 1. The number of benzene rings is 3. The second-order valence-electron chi connectivity index (χ2n) is 9.91. The molecule has 38 heavy (non-hydrogen) atoms. The van der Waals surface area contributed by atoms with Crippen LogP contribution in [0.25, 0.3) is 0 Å². The van der Waals surface area contributed by atoms with Crippen LogP contribution in [-0.4, -0.2) is 45.6 Å². The largest absolute Gasteiger partial charge is 0.497 e. The van der Waals surface area contributed by atoms with Gasteiger partial charge in [-0.2, -0.15) is 0 Å². The van der Waals surface area contributed by atoms with Gasteiger partial charge in [-0.25, -0.2) is 4.79 Å². The summed E-state index contributed by atoms with van der Waals surface area (Å²) < 4.78 is 30.4. The van der Waals surface area contributed by atoms with Gasteiger partial charge in [0.1, 0.15) is 29.1 Å². The van der Waals surface area contributed by atoms with Gasteiger partial charge in [-0.3, -0.25) is 0 Å². The Hall–Kier alpha value is -3.91. The summed E-state index contributed by atoms with van der Waals surface area (Å²) in [7, 11) is 3.29. The lowest BCUT2D eigenvalue weighted by Crippen LogP contribution is -2.43. The molecule has 8 heteroatoms. The van der Waals surface area contributed by atoms with E-state index in [-0.39, 0.29) is 17.9 Å². The summed E-state index contributed by atoms with van der Waals surface area (Å²) in [4.78, 5) is 12.6.